The van der Waals surface area contributed by atoms with Crippen LogP contribution in [0.5, 0.6) is 0 Å². The van der Waals surface area contributed by atoms with Gasteiger partial charge in [-0.15, -0.1) is 0 Å². The van der Waals surface area contributed by atoms with Gasteiger partial charge in [-0.2, -0.15) is 0 Å². The Labute approximate surface area is 490 Å². The fraction of sp³-hybridized carbons (Fsp3) is 0.944. The first-order chi connectivity index (χ1) is 40.4. The summed E-state index contributed by atoms with van der Waals surface area (Å²) in [6.45, 7) is 11.8. The number of hydrogen-bond acceptors (Lipinski definition) is 28. The number of nitrogens with one attached hydrogen (secondary N) is 5. The lowest BCUT2D eigenvalue weighted by molar-refractivity contribution is -0.122. The zero-order valence-corrected chi connectivity index (χ0v) is 49.0. The van der Waals surface area contributed by atoms with Crippen LogP contribution in [0.3, 0.4) is 0 Å². The minimum Gasteiger partial charge on any atom is -0.379 e. The van der Waals surface area contributed by atoms with Crippen molar-refractivity contribution in [2.45, 2.75) is 132 Å². The number of hydrogen-bond donors (Lipinski definition) is 14. The van der Waals surface area contributed by atoms with Crippen molar-refractivity contribution in [3.8, 4) is 0 Å². The molecule has 0 aromatic carbocycles. The highest BCUT2D eigenvalue weighted by atomic mass is 16.6. The van der Waals surface area contributed by atoms with E-state index in [4.69, 9.17) is 67.3 Å². The maximum atomic E-state index is 12.2. The number of rotatable bonds is 57. The summed E-state index contributed by atoms with van der Waals surface area (Å²) >= 11 is 0. The Hall–Kier alpha value is -2.03. The van der Waals surface area contributed by atoms with Crippen molar-refractivity contribution in [2.24, 2.45) is 11.7 Å². The van der Waals surface area contributed by atoms with Gasteiger partial charge in [-0.05, 0) is 63.7 Å². The summed E-state index contributed by atoms with van der Waals surface area (Å²) in [6, 6.07) is -1.29. The minimum atomic E-state index is -1.98. The molecular formula is C54H107N7O22. The second kappa shape index (κ2) is 50.9. The topological polar surface area (TPSA) is 388 Å². The van der Waals surface area contributed by atoms with Crippen LogP contribution in [-0.4, -0.2) is 305 Å². The molecule has 1 aliphatic heterocycles. The number of aliphatic hydroxyl groups is 8. The van der Waals surface area contributed by atoms with Gasteiger partial charge in [-0.1, -0.05) is 12.5 Å². The number of nitrogens with zero attached hydrogens (tertiary/aromatic N) is 1. The van der Waals surface area contributed by atoms with Gasteiger partial charge >= 0.3 is 0 Å². The van der Waals surface area contributed by atoms with Crippen LogP contribution in [0.1, 0.15) is 70.6 Å². The number of ether oxygens (including phenoxy) is 13. The lowest BCUT2D eigenvalue weighted by Gasteiger charge is -2.33. The van der Waals surface area contributed by atoms with Crippen LogP contribution in [0.4, 0.5) is 0 Å². The van der Waals surface area contributed by atoms with Gasteiger partial charge in [-0.3, -0.25) is 25.6 Å². The number of nitrogens with two attached hydrogens (primary N) is 1. The number of likely N-dealkylation sites (tertiary alicyclic amines) is 1. The molecule has 0 bridgehead atoms. The summed E-state index contributed by atoms with van der Waals surface area (Å²) in [5.41, 5.74) is 6.71. The number of allylic oxidation sites excluding steroid dienone is 1. The Kier molecular flexibility index (Phi) is 46.1. The monoisotopic (exact) mass is 1210 g/mol. The Balaban J connectivity index is 0.941. The van der Waals surface area contributed by atoms with Crippen LogP contribution in [0, 0.1) is 5.92 Å². The highest BCUT2D eigenvalue weighted by Gasteiger charge is 2.32. The molecule has 0 spiro atoms. The molecule has 1 heterocycles. The second-order valence-corrected chi connectivity index (χ2v) is 20.2. The minimum absolute atomic E-state index is 0.0318. The molecule has 0 aromatic rings. The van der Waals surface area contributed by atoms with E-state index in [9.17, 15) is 45.6 Å². The normalized spacial score (nSPS) is 21.5. The van der Waals surface area contributed by atoms with Gasteiger partial charge in [-0.25, -0.2) is 0 Å². The van der Waals surface area contributed by atoms with Crippen molar-refractivity contribution in [1.29, 1.82) is 0 Å². The van der Waals surface area contributed by atoms with E-state index in [1.165, 1.54) is 0 Å². The van der Waals surface area contributed by atoms with Crippen LogP contribution in [-0.2, 0) is 66.4 Å². The summed E-state index contributed by atoms with van der Waals surface area (Å²) in [7, 11) is 0. The quantitative estimate of drug-likeness (QED) is 0.0204. The lowest BCUT2D eigenvalue weighted by atomic mass is 9.85. The smallest absolute Gasteiger partial charge is 0.222 e. The molecule has 2 aliphatic carbocycles. The molecule has 0 radical (unpaired) electrons. The molecule has 3 aliphatic rings. The first-order valence-corrected chi connectivity index (χ1v) is 29.9. The van der Waals surface area contributed by atoms with Gasteiger partial charge < -0.3 is 119 Å². The summed E-state index contributed by atoms with van der Waals surface area (Å²) in [6.07, 6.45) is 0.974. The molecule has 0 aromatic heterocycles. The third kappa shape index (κ3) is 40.2. The van der Waals surface area contributed by atoms with Crippen molar-refractivity contribution < 1.29 is 107 Å². The van der Waals surface area contributed by atoms with E-state index in [1.807, 2.05) is 6.08 Å². The number of carbonyl (C=O) groups is 1. The predicted molar refractivity (Wildman–Crippen MR) is 300 cm³/mol. The van der Waals surface area contributed by atoms with Gasteiger partial charge in [0.15, 0.2) is 6.29 Å². The highest BCUT2D eigenvalue weighted by molar-refractivity contribution is 5.75. The van der Waals surface area contributed by atoms with Crippen molar-refractivity contribution in [1.82, 2.24) is 31.5 Å². The van der Waals surface area contributed by atoms with E-state index >= 15 is 0 Å². The highest BCUT2D eigenvalue weighted by Crippen LogP contribution is 2.25. The first-order valence-electron chi connectivity index (χ1n) is 29.9. The summed E-state index contributed by atoms with van der Waals surface area (Å²) in [4.78, 5) is 13.8. The largest absolute Gasteiger partial charge is 0.379 e. The fourth-order valence-corrected chi connectivity index (χ4v) is 8.93. The lowest BCUT2D eigenvalue weighted by Crippen LogP contribution is -2.59. The van der Waals surface area contributed by atoms with Crippen LogP contribution in [0.2, 0.25) is 0 Å². The molecular weight excluding hydrogens is 1100 g/mol. The maximum Gasteiger partial charge on any atom is 0.222 e. The van der Waals surface area contributed by atoms with E-state index in [0.717, 1.165) is 19.3 Å². The molecule has 29 nitrogen and oxygen atoms in total. The zero-order valence-electron chi connectivity index (χ0n) is 49.0. The molecule has 15 N–H and O–H groups in total. The van der Waals surface area contributed by atoms with E-state index in [0.29, 0.717) is 229 Å². The van der Waals surface area contributed by atoms with Gasteiger partial charge in [0.25, 0.3) is 0 Å². The predicted octanol–water partition coefficient (Wildman–Crippen LogP) is -3.90. The summed E-state index contributed by atoms with van der Waals surface area (Å²) < 4.78 is 72.0. The standard InChI is InChI=1S/C54H107N7O22/c55-43-3-1-2-42(40-43)52(67)58-41-48(64)60-51(54(69)70)53(68)59-44-4-6-45(7-5-44)83-17-13-57-47(63)11-15-71-18-20-73-22-24-75-26-28-77-30-32-79-34-36-81-38-39-82-37-35-80-33-31-78-29-27-76-25-23-74-21-19-72-16-12-56-46(62)10-14-61-49(65)8-9-50(61)66/h4,42-43,45-46,48-54,56,58-60,62,64-70H,1-3,5-41,55H2,(H,57,63). The van der Waals surface area contributed by atoms with E-state index < -0.39 is 49.7 Å². The molecule has 2 fully saturated rings. The molecule has 10 unspecified atom stereocenters. The summed E-state index contributed by atoms with van der Waals surface area (Å²) in [5, 5.41) is 95.2. The Morgan fingerprint density at radius 1 is 0.566 bits per heavy atom. The molecule has 1 saturated heterocycles. The third-order valence-electron chi connectivity index (χ3n) is 13.5. The SMILES string of the molecule is NC1CCCC(C(O)NCC(O)NC(C(O)O)C(O)NC2=CCC(OCCNC(=O)CCOCCOCCOCCOCCOCCOCCOCCOCCOCCOCCOCCOCCNC(O)CCN3C(O)CCC3O)CC2)C1. The number of amides is 1. The van der Waals surface area contributed by atoms with Crippen LogP contribution >= 0.6 is 0 Å². The average molecular weight is 1210 g/mol. The average Bonchev–Trinajstić information content (AvgIpc) is 3.85. The molecule has 10 atom stereocenters. The van der Waals surface area contributed by atoms with Crippen molar-refractivity contribution >= 4 is 5.91 Å². The number of carbonyl (C=O) groups excluding carboxylic acids is 1. The van der Waals surface area contributed by atoms with Gasteiger partial charge in [0.1, 0.15) is 43.4 Å². The van der Waals surface area contributed by atoms with Gasteiger partial charge in [0.2, 0.25) is 5.91 Å². The van der Waals surface area contributed by atoms with Gasteiger partial charge in [0.05, 0.1) is 171 Å². The molecule has 1 saturated carbocycles. The Bertz CT molecular complexity index is 1540. The molecule has 29 heteroatoms. The van der Waals surface area contributed by atoms with Crippen LogP contribution in [0.25, 0.3) is 0 Å². The van der Waals surface area contributed by atoms with E-state index in [1.54, 1.807) is 4.90 Å². The molecule has 490 valence electrons. The second-order valence-electron chi connectivity index (χ2n) is 20.2. The Morgan fingerprint density at radius 2 is 1.04 bits per heavy atom. The molecule has 1 amide bonds. The first kappa shape index (κ1) is 75.2. The van der Waals surface area contributed by atoms with Crippen molar-refractivity contribution in [3.63, 3.8) is 0 Å². The van der Waals surface area contributed by atoms with Crippen LogP contribution < -0.4 is 32.3 Å². The van der Waals surface area contributed by atoms with E-state index in [-0.39, 0.29) is 43.5 Å². The van der Waals surface area contributed by atoms with E-state index in [2.05, 4.69) is 26.6 Å². The molecule has 3 rings (SSSR count). The third-order valence-corrected chi connectivity index (χ3v) is 13.5. The number of aliphatic hydroxyl groups excluding tert-OH is 7. The van der Waals surface area contributed by atoms with Crippen molar-refractivity contribution in [3.05, 3.63) is 11.8 Å². The van der Waals surface area contributed by atoms with Crippen molar-refractivity contribution in [2.75, 3.05) is 191 Å². The Morgan fingerprint density at radius 3 is 1.48 bits per heavy atom. The zero-order chi connectivity index (χ0) is 59.8. The van der Waals surface area contributed by atoms with Crippen LogP contribution in [0.15, 0.2) is 11.8 Å². The maximum absolute atomic E-state index is 12.2. The molecule has 83 heavy (non-hydrogen) atoms. The summed E-state index contributed by atoms with van der Waals surface area (Å²) in [5.74, 6) is -0.182. The fourth-order valence-electron chi connectivity index (χ4n) is 8.93. The van der Waals surface area contributed by atoms with Gasteiger partial charge in [0, 0.05) is 44.3 Å².